The zero-order valence-electron chi connectivity index (χ0n) is 13.5. The molecule has 1 saturated carbocycles. The maximum absolute atomic E-state index is 12.4. The first-order chi connectivity index (χ1) is 10.6. The SMILES string of the molecule is Cl.N[C@@H]1CCC[C@H]1CC(=O)N1CCC(c2ccc(O)cc2)CC1. The minimum atomic E-state index is 0. The van der Waals surface area contributed by atoms with Crippen LogP contribution in [0.15, 0.2) is 24.3 Å². The highest BCUT2D eigenvalue weighted by Crippen LogP contribution is 2.31. The van der Waals surface area contributed by atoms with Gasteiger partial charge >= 0.3 is 0 Å². The van der Waals surface area contributed by atoms with Gasteiger partial charge in [0.1, 0.15) is 5.75 Å². The summed E-state index contributed by atoms with van der Waals surface area (Å²) in [5.74, 6) is 1.48. The number of carbonyl (C=O) groups excluding carboxylic acids is 1. The zero-order valence-corrected chi connectivity index (χ0v) is 14.3. The number of likely N-dealkylation sites (tertiary alicyclic amines) is 1. The van der Waals surface area contributed by atoms with Crippen LogP contribution in [0.4, 0.5) is 0 Å². The number of hydrogen-bond donors (Lipinski definition) is 2. The molecule has 1 heterocycles. The molecule has 0 radical (unpaired) electrons. The number of aromatic hydroxyl groups is 1. The highest BCUT2D eigenvalue weighted by Gasteiger charge is 2.29. The molecule has 2 aliphatic rings. The maximum atomic E-state index is 12.4. The standard InChI is InChI=1S/C18H26N2O2.ClH/c19-17-3-1-2-15(17)12-18(22)20-10-8-14(9-11-20)13-4-6-16(21)7-5-13;/h4-7,14-15,17,21H,1-3,8-12,19H2;1H/t15-,17+;/m0./s1. The van der Waals surface area contributed by atoms with Gasteiger partial charge in [-0.2, -0.15) is 0 Å². The topological polar surface area (TPSA) is 66.6 Å². The van der Waals surface area contributed by atoms with Crippen molar-refractivity contribution in [2.24, 2.45) is 11.7 Å². The third kappa shape index (κ3) is 4.39. The summed E-state index contributed by atoms with van der Waals surface area (Å²) in [5, 5.41) is 9.36. The van der Waals surface area contributed by atoms with Gasteiger partial charge in [0.25, 0.3) is 0 Å². The lowest BCUT2D eigenvalue weighted by Gasteiger charge is -2.33. The molecule has 3 rings (SSSR count). The molecule has 3 N–H and O–H groups in total. The Labute approximate surface area is 144 Å². The summed E-state index contributed by atoms with van der Waals surface area (Å²) in [6.45, 7) is 1.68. The van der Waals surface area contributed by atoms with Crippen molar-refractivity contribution in [3.05, 3.63) is 29.8 Å². The highest BCUT2D eigenvalue weighted by atomic mass is 35.5. The monoisotopic (exact) mass is 338 g/mol. The summed E-state index contributed by atoms with van der Waals surface area (Å²) in [4.78, 5) is 14.4. The van der Waals surface area contributed by atoms with Gasteiger partial charge in [-0.05, 0) is 55.2 Å². The van der Waals surface area contributed by atoms with E-state index >= 15 is 0 Å². The summed E-state index contributed by atoms with van der Waals surface area (Å²) in [5.41, 5.74) is 7.34. The molecule has 1 aromatic carbocycles. The van der Waals surface area contributed by atoms with Gasteiger partial charge in [0.05, 0.1) is 0 Å². The van der Waals surface area contributed by atoms with Crippen molar-refractivity contribution in [3.63, 3.8) is 0 Å². The van der Waals surface area contributed by atoms with Crippen molar-refractivity contribution in [3.8, 4) is 5.75 Å². The minimum absolute atomic E-state index is 0. The minimum Gasteiger partial charge on any atom is -0.508 e. The van der Waals surface area contributed by atoms with E-state index in [1.807, 2.05) is 17.0 Å². The summed E-state index contributed by atoms with van der Waals surface area (Å²) >= 11 is 0. The number of nitrogens with zero attached hydrogens (tertiary/aromatic N) is 1. The van der Waals surface area contributed by atoms with Crippen molar-refractivity contribution in [2.75, 3.05) is 13.1 Å². The Morgan fingerprint density at radius 1 is 1.13 bits per heavy atom. The summed E-state index contributed by atoms with van der Waals surface area (Å²) in [6, 6.07) is 7.70. The molecule has 1 aliphatic carbocycles. The molecule has 0 spiro atoms. The summed E-state index contributed by atoms with van der Waals surface area (Å²) in [7, 11) is 0. The van der Waals surface area contributed by atoms with Crippen molar-refractivity contribution in [2.45, 2.75) is 50.5 Å². The third-order valence-corrected chi connectivity index (χ3v) is 5.37. The van der Waals surface area contributed by atoms with Crippen LogP contribution in [0.5, 0.6) is 5.75 Å². The third-order valence-electron chi connectivity index (χ3n) is 5.37. The number of phenols is 1. The Bertz CT molecular complexity index is 512. The molecular weight excluding hydrogens is 312 g/mol. The first-order valence-electron chi connectivity index (χ1n) is 8.46. The van der Waals surface area contributed by atoms with Gasteiger partial charge in [0, 0.05) is 25.6 Å². The molecule has 2 fully saturated rings. The first-order valence-corrected chi connectivity index (χ1v) is 8.46. The second-order valence-corrected chi connectivity index (χ2v) is 6.81. The van der Waals surface area contributed by atoms with E-state index in [2.05, 4.69) is 0 Å². The van der Waals surface area contributed by atoms with Crippen LogP contribution in [-0.4, -0.2) is 35.0 Å². The number of halogens is 1. The quantitative estimate of drug-likeness (QED) is 0.890. The molecule has 0 aromatic heterocycles. The number of nitrogens with two attached hydrogens (primary N) is 1. The lowest BCUT2D eigenvalue weighted by Crippen LogP contribution is -2.40. The van der Waals surface area contributed by atoms with Crippen LogP contribution in [0, 0.1) is 5.92 Å². The Morgan fingerprint density at radius 3 is 2.35 bits per heavy atom. The maximum Gasteiger partial charge on any atom is 0.222 e. The lowest BCUT2D eigenvalue weighted by atomic mass is 9.89. The van der Waals surface area contributed by atoms with Gasteiger partial charge in [-0.15, -0.1) is 12.4 Å². The van der Waals surface area contributed by atoms with Crippen molar-refractivity contribution >= 4 is 18.3 Å². The second kappa shape index (κ2) is 8.02. The van der Waals surface area contributed by atoms with Gasteiger partial charge in [-0.1, -0.05) is 18.6 Å². The molecule has 4 nitrogen and oxygen atoms in total. The normalized spacial score (nSPS) is 25.2. The van der Waals surface area contributed by atoms with Gasteiger partial charge in [-0.3, -0.25) is 4.79 Å². The van der Waals surface area contributed by atoms with E-state index in [4.69, 9.17) is 5.73 Å². The fraction of sp³-hybridized carbons (Fsp3) is 0.611. The van der Waals surface area contributed by atoms with E-state index in [-0.39, 0.29) is 24.4 Å². The van der Waals surface area contributed by atoms with Crippen LogP contribution in [0.1, 0.15) is 50.0 Å². The number of phenolic OH excluding ortho intramolecular Hbond substituents is 1. The predicted molar refractivity (Wildman–Crippen MR) is 93.8 cm³/mol. The molecule has 0 bridgehead atoms. The van der Waals surface area contributed by atoms with Crippen molar-refractivity contribution < 1.29 is 9.90 Å². The number of piperidine rings is 1. The Kier molecular flexibility index (Phi) is 6.31. The Hall–Kier alpha value is -1.26. The zero-order chi connectivity index (χ0) is 15.5. The molecule has 1 saturated heterocycles. The van der Waals surface area contributed by atoms with Gasteiger partial charge < -0.3 is 15.7 Å². The van der Waals surface area contributed by atoms with Crippen LogP contribution < -0.4 is 5.73 Å². The molecular formula is C18H27ClN2O2. The Balaban J connectivity index is 0.00000192. The number of amides is 1. The van der Waals surface area contributed by atoms with Crippen LogP contribution >= 0.6 is 12.4 Å². The first kappa shape index (κ1) is 18.1. The molecule has 23 heavy (non-hydrogen) atoms. The van der Waals surface area contributed by atoms with Crippen LogP contribution in [0.25, 0.3) is 0 Å². The van der Waals surface area contributed by atoms with Crippen molar-refractivity contribution in [1.29, 1.82) is 0 Å². The Morgan fingerprint density at radius 2 is 1.78 bits per heavy atom. The molecule has 128 valence electrons. The fourth-order valence-electron chi connectivity index (χ4n) is 3.88. The smallest absolute Gasteiger partial charge is 0.222 e. The molecule has 5 heteroatoms. The average molecular weight is 339 g/mol. The van der Waals surface area contributed by atoms with Crippen molar-refractivity contribution in [1.82, 2.24) is 4.90 Å². The van der Waals surface area contributed by atoms with E-state index in [1.54, 1.807) is 12.1 Å². The highest BCUT2D eigenvalue weighted by molar-refractivity contribution is 5.85. The van der Waals surface area contributed by atoms with Gasteiger partial charge in [0.2, 0.25) is 5.91 Å². The van der Waals surface area contributed by atoms with E-state index < -0.39 is 0 Å². The summed E-state index contributed by atoms with van der Waals surface area (Å²) in [6.07, 6.45) is 5.99. The largest absolute Gasteiger partial charge is 0.508 e. The molecule has 1 amide bonds. The second-order valence-electron chi connectivity index (χ2n) is 6.81. The van der Waals surface area contributed by atoms with E-state index in [0.29, 0.717) is 24.0 Å². The number of benzene rings is 1. The van der Waals surface area contributed by atoms with E-state index in [9.17, 15) is 9.90 Å². The fourth-order valence-corrected chi connectivity index (χ4v) is 3.88. The molecule has 1 aliphatic heterocycles. The van der Waals surface area contributed by atoms with Crippen LogP contribution in [0.2, 0.25) is 0 Å². The number of hydrogen-bond acceptors (Lipinski definition) is 3. The average Bonchev–Trinajstić information content (AvgIpc) is 2.93. The predicted octanol–water partition coefficient (Wildman–Crippen LogP) is 3.04. The van der Waals surface area contributed by atoms with Crippen LogP contribution in [-0.2, 0) is 4.79 Å². The number of rotatable bonds is 3. The van der Waals surface area contributed by atoms with E-state index in [0.717, 1.165) is 38.8 Å². The number of carbonyl (C=O) groups is 1. The van der Waals surface area contributed by atoms with E-state index in [1.165, 1.54) is 12.0 Å². The summed E-state index contributed by atoms with van der Waals surface area (Å²) < 4.78 is 0. The van der Waals surface area contributed by atoms with Gasteiger partial charge in [-0.25, -0.2) is 0 Å². The molecule has 2 atom stereocenters. The van der Waals surface area contributed by atoms with Crippen LogP contribution in [0.3, 0.4) is 0 Å². The molecule has 0 unspecified atom stereocenters. The molecule has 1 aromatic rings. The van der Waals surface area contributed by atoms with Gasteiger partial charge in [0.15, 0.2) is 0 Å². The lowest BCUT2D eigenvalue weighted by molar-refractivity contribution is -0.133.